The van der Waals surface area contributed by atoms with Crippen LogP contribution in [0.4, 0.5) is 0 Å². The van der Waals surface area contributed by atoms with Gasteiger partial charge in [-0.1, -0.05) is 54.6 Å². The SMILES string of the molecule is CC(C)C(CI)NC(=O)C1CSc2ccccc21. The van der Waals surface area contributed by atoms with Crippen LogP contribution in [-0.2, 0) is 4.79 Å². The molecule has 1 aliphatic heterocycles. The van der Waals surface area contributed by atoms with Gasteiger partial charge >= 0.3 is 0 Å². The van der Waals surface area contributed by atoms with Crippen molar-refractivity contribution >= 4 is 40.3 Å². The largest absolute Gasteiger partial charge is 0.352 e. The van der Waals surface area contributed by atoms with Gasteiger partial charge in [-0.25, -0.2) is 0 Å². The minimum atomic E-state index is 0.0235. The fourth-order valence-corrected chi connectivity index (χ4v) is 4.51. The molecule has 1 aromatic rings. The highest BCUT2D eigenvalue weighted by Gasteiger charge is 2.30. The van der Waals surface area contributed by atoms with Crippen molar-refractivity contribution in [3.63, 3.8) is 0 Å². The number of hydrogen-bond donors (Lipinski definition) is 1. The van der Waals surface area contributed by atoms with Crippen molar-refractivity contribution in [2.75, 3.05) is 10.2 Å². The van der Waals surface area contributed by atoms with Crippen LogP contribution < -0.4 is 5.32 Å². The van der Waals surface area contributed by atoms with Gasteiger partial charge in [0.25, 0.3) is 0 Å². The number of carbonyl (C=O) groups is 1. The van der Waals surface area contributed by atoms with Gasteiger partial charge in [-0.2, -0.15) is 0 Å². The van der Waals surface area contributed by atoms with Crippen molar-refractivity contribution in [3.05, 3.63) is 29.8 Å². The van der Waals surface area contributed by atoms with E-state index in [0.717, 1.165) is 10.2 Å². The van der Waals surface area contributed by atoms with Crippen molar-refractivity contribution in [2.45, 2.75) is 30.7 Å². The van der Waals surface area contributed by atoms with E-state index < -0.39 is 0 Å². The summed E-state index contributed by atoms with van der Waals surface area (Å²) in [6.45, 7) is 4.31. The zero-order chi connectivity index (χ0) is 13.1. The Morgan fingerprint density at radius 2 is 2.22 bits per heavy atom. The maximum absolute atomic E-state index is 12.4. The number of nitrogens with one attached hydrogen (secondary N) is 1. The van der Waals surface area contributed by atoms with E-state index in [-0.39, 0.29) is 17.9 Å². The van der Waals surface area contributed by atoms with Crippen LogP contribution in [0.3, 0.4) is 0 Å². The first-order chi connectivity index (χ1) is 8.63. The summed E-state index contributed by atoms with van der Waals surface area (Å²) in [6.07, 6.45) is 0. The van der Waals surface area contributed by atoms with Crippen molar-refractivity contribution in [1.29, 1.82) is 0 Å². The molecule has 1 amide bonds. The zero-order valence-corrected chi connectivity index (χ0v) is 13.6. The molecule has 0 saturated carbocycles. The summed E-state index contributed by atoms with van der Waals surface area (Å²) in [5.41, 5.74) is 1.19. The second-order valence-corrected chi connectivity index (χ2v) is 6.86. The van der Waals surface area contributed by atoms with Crippen LogP contribution >= 0.6 is 34.4 Å². The maximum atomic E-state index is 12.4. The lowest BCUT2D eigenvalue weighted by Gasteiger charge is -2.22. The van der Waals surface area contributed by atoms with E-state index in [2.05, 4.69) is 53.9 Å². The molecule has 0 bridgehead atoms. The first-order valence-corrected chi connectivity index (χ1v) is 8.72. The summed E-state index contributed by atoms with van der Waals surface area (Å²) < 4.78 is 0.961. The third-order valence-corrected chi connectivity index (χ3v) is 5.45. The van der Waals surface area contributed by atoms with Gasteiger partial charge in [0.15, 0.2) is 0 Å². The molecule has 1 heterocycles. The number of benzene rings is 1. The first-order valence-electron chi connectivity index (χ1n) is 6.21. The number of amides is 1. The topological polar surface area (TPSA) is 29.1 Å². The predicted molar refractivity (Wildman–Crippen MR) is 85.6 cm³/mol. The maximum Gasteiger partial charge on any atom is 0.228 e. The minimum Gasteiger partial charge on any atom is -0.352 e. The van der Waals surface area contributed by atoms with Gasteiger partial charge in [0.2, 0.25) is 5.91 Å². The van der Waals surface area contributed by atoms with Crippen LogP contribution in [0.2, 0.25) is 0 Å². The Morgan fingerprint density at radius 1 is 1.50 bits per heavy atom. The normalized spacial score (nSPS) is 19.7. The van der Waals surface area contributed by atoms with E-state index in [1.165, 1.54) is 10.5 Å². The van der Waals surface area contributed by atoms with Gasteiger partial charge in [-0.05, 0) is 17.5 Å². The van der Waals surface area contributed by atoms with Crippen LogP contribution in [0.1, 0.15) is 25.3 Å². The number of halogens is 1. The Morgan fingerprint density at radius 3 is 2.89 bits per heavy atom. The standard InChI is InChI=1S/C14H18INOS/c1-9(2)12(7-15)16-14(17)11-8-18-13-6-4-3-5-10(11)13/h3-6,9,11-12H,7-8H2,1-2H3,(H,16,17). The fraction of sp³-hybridized carbons (Fsp3) is 0.500. The molecule has 2 atom stereocenters. The number of carbonyl (C=O) groups excluding carboxylic acids is 1. The van der Waals surface area contributed by atoms with Gasteiger partial charge in [0, 0.05) is 21.1 Å². The molecule has 2 unspecified atom stereocenters. The molecule has 0 aliphatic carbocycles. The molecule has 1 N–H and O–H groups in total. The third kappa shape index (κ3) is 3.02. The summed E-state index contributed by atoms with van der Waals surface area (Å²) in [5.74, 6) is 1.56. The van der Waals surface area contributed by atoms with Crippen molar-refractivity contribution in [3.8, 4) is 0 Å². The summed E-state index contributed by atoms with van der Waals surface area (Å²) >= 11 is 4.13. The molecule has 1 aliphatic rings. The molecule has 2 nitrogen and oxygen atoms in total. The number of hydrogen-bond acceptors (Lipinski definition) is 2. The molecule has 0 radical (unpaired) electrons. The second-order valence-electron chi connectivity index (χ2n) is 4.91. The Hall–Kier alpha value is -0.230. The highest BCUT2D eigenvalue weighted by molar-refractivity contribution is 14.1. The summed E-state index contributed by atoms with van der Waals surface area (Å²) in [5, 5.41) is 3.19. The zero-order valence-electron chi connectivity index (χ0n) is 10.7. The molecule has 4 heteroatoms. The second kappa shape index (κ2) is 6.28. The van der Waals surface area contributed by atoms with E-state index in [0.29, 0.717) is 5.92 Å². The average molecular weight is 375 g/mol. The van der Waals surface area contributed by atoms with E-state index in [1.54, 1.807) is 11.8 Å². The summed E-state index contributed by atoms with van der Waals surface area (Å²) in [7, 11) is 0. The molecule has 1 aromatic carbocycles. The van der Waals surface area contributed by atoms with E-state index in [9.17, 15) is 4.79 Å². The lowest BCUT2D eigenvalue weighted by molar-refractivity contribution is -0.122. The van der Waals surface area contributed by atoms with Crippen molar-refractivity contribution < 1.29 is 4.79 Å². The molecule has 98 valence electrons. The van der Waals surface area contributed by atoms with Gasteiger partial charge in [0.1, 0.15) is 0 Å². The van der Waals surface area contributed by atoms with Gasteiger partial charge < -0.3 is 5.32 Å². The highest BCUT2D eigenvalue weighted by atomic mass is 127. The molecule has 0 spiro atoms. The molecule has 0 aromatic heterocycles. The van der Waals surface area contributed by atoms with Crippen molar-refractivity contribution in [2.24, 2.45) is 5.92 Å². The monoisotopic (exact) mass is 375 g/mol. The third-order valence-electron chi connectivity index (χ3n) is 3.32. The Balaban J connectivity index is 2.07. The number of alkyl halides is 1. The smallest absolute Gasteiger partial charge is 0.228 e. The quantitative estimate of drug-likeness (QED) is 0.645. The lowest BCUT2D eigenvalue weighted by atomic mass is 9.99. The van der Waals surface area contributed by atoms with E-state index in [4.69, 9.17) is 0 Å². The van der Waals surface area contributed by atoms with E-state index >= 15 is 0 Å². The van der Waals surface area contributed by atoms with Gasteiger partial charge in [-0.3, -0.25) is 4.79 Å². The van der Waals surface area contributed by atoms with Crippen LogP contribution in [0.15, 0.2) is 29.2 Å². The Bertz CT molecular complexity index is 436. The van der Waals surface area contributed by atoms with Crippen LogP contribution in [0.25, 0.3) is 0 Å². The highest BCUT2D eigenvalue weighted by Crippen LogP contribution is 2.39. The first kappa shape index (κ1) is 14.2. The minimum absolute atomic E-state index is 0.0235. The average Bonchev–Trinajstić information content (AvgIpc) is 2.79. The lowest BCUT2D eigenvalue weighted by Crippen LogP contribution is -2.42. The number of thioether (sulfide) groups is 1. The van der Waals surface area contributed by atoms with Crippen molar-refractivity contribution in [1.82, 2.24) is 5.32 Å². The van der Waals surface area contributed by atoms with Crippen LogP contribution in [-0.4, -0.2) is 22.1 Å². The molecule has 0 saturated heterocycles. The Labute approximate surface area is 126 Å². The van der Waals surface area contributed by atoms with Gasteiger partial charge in [-0.15, -0.1) is 11.8 Å². The number of fused-ring (bicyclic) bond motifs is 1. The van der Waals surface area contributed by atoms with E-state index in [1.807, 2.05) is 12.1 Å². The number of rotatable bonds is 4. The Kier molecular flexibility index (Phi) is 4.95. The van der Waals surface area contributed by atoms with Crippen LogP contribution in [0, 0.1) is 5.92 Å². The molecule has 2 rings (SSSR count). The summed E-state index contributed by atoms with van der Waals surface area (Å²) in [6, 6.07) is 8.51. The summed E-state index contributed by atoms with van der Waals surface area (Å²) in [4.78, 5) is 13.6. The molecule has 0 fully saturated rings. The molecular weight excluding hydrogens is 357 g/mol. The fourth-order valence-electron chi connectivity index (χ4n) is 2.05. The molecule has 18 heavy (non-hydrogen) atoms. The van der Waals surface area contributed by atoms with Gasteiger partial charge in [0.05, 0.1) is 5.92 Å². The predicted octanol–water partition coefficient (Wildman–Crippen LogP) is 3.45. The van der Waals surface area contributed by atoms with Crippen LogP contribution in [0.5, 0.6) is 0 Å². The molecular formula is C14H18INOS.